The van der Waals surface area contributed by atoms with Crippen LogP contribution in [-0.2, 0) is 23.7 Å². The number of esters is 5. The molecule has 0 amide bonds. The fourth-order valence-corrected chi connectivity index (χ4v) is 2.16. The van der Waals surface area contributed by atoms with Crippen molar-refractivity contribution in [2.24, 2.45) is 0 Å². The van der Waals surface area contributed by atoms with E-state index in [9.17, 15) is 24.0 Å². The molecule has 136 valence electrons. The molecule has 0 saturated carbocycles. The standard InChI is InChI=1S/C15H15O10.K/c1-21-11(16)6-7(12(17)22-2)9(14(19)24-4)10(15(20)25-5)8(6)13(18)23-3;/h1-5H3;/q-1;+1. The van der Waals surface area contributed by atoms with Gasteiger partial charge in [0.25, 0.3) is 23.9 Å². The molecule has 10 nitrogen and oxygen atoms in total. The van der Waals surface area contributed by atoms with Gasteiger partial charge in [-0.3, -0.25) is 24.0 Å². The Morgan fingerprint density at radius 1 is 0.577 bits per heavy atom. The molecule has 0 bridgehead atoms. The zero-order valence-corrected chi connectivity index (χ0v) is 18.2. The third kappa shape index (κ3) is 4.35. The van der Waals surface area contributed by atoms with Crippen molar-refractivity contribution in [3.63, 3.8) is 0 Å². The summed E-state index contributed by atoms with van der Waals surface area (Å²) in [6.07, 6.45) is 0. The second-order valence-corrected chi connectivity index (χ2v) is 4.33. The summed E-state index contributed by atoms with van der Waals surface area (Å²) < 4.78 is 22.7. The van der Waals surface area contributed by atoms with Gasteiger partial charge >= 0.3 is 57.4 Å². The molecule has 1 aromatic carbocycles. The van der Waals surface area contributed by atoms with Crippen molar-refractivity contribution in [2.75, 3.05) is 35.5 Å². The summed E-state index contributed by atoms with van der Waals surface area (Å²) >= 11 is 0. The second-order valence-electron chi connectivity index (χ2n) is 4.33. The zero-order valence-electron chi connectivity index (χ0n) is 15.1. The van der Waals surface area contributed by atoms with E-state index in [2.05, 4.69) is 23.7 Å². The van der Waals surface area contributed by atoms with Gasteiger partial charge in [-0.1, -0.05) is 0 Å². The number of carbonyl (C=O) groups is 5. The van der Waals surface area contributed by atoms with Crippen molar-refractivity contribution >= 4 is 29.8 Å². The third-order valence-electron chi connectivity index (χ3n) is 3.20. The molecule has 0 heterocycles. The maximum Gasteiger partial charge on any atom is 1.00 e. The number of carbonyl (C=O) groups excluding carboxylic acids is 5. The van der Waals surface area contributed by atoms with Gasteiger partial charge < -0.3 is 23.7 Å². The van der Waals surface area contributed by atoms with E-state index in [1.165, 1.54) is 0 Å². The minimum Gasteiger partial charge on any atom is -0.500 e. The molecule has 26 heavy (non-hydrogen) atoms. The quantitative estimate of drug-likeness (QED) is 0.226. The third-order valence-corrected chi connectivity index (χ3v) is 3.20. The van der Waals surface area contributed by atoms with E-state index >= 15 is 0 Å². The summed E-state index contributed by atoms with van der Waals surface area (Å²) in [5.74, 6) is -5.83. The Balaban J connectivity index is 0.00000625. The Hall–Kier alpha value is -1.66. The predicted molar refractivity (Wildman–Crippen MR) is 78.7 cm³/mol. The van der Waals surface area contributed by atoms with E-state index in [0.29, 0.717) is 0 Å². The Kier molecular flexibility index (Phi) is 9.81. The first-order valence-corrected chi connectivity index (χ1v) is 6.58. The van der Waals surface area contributed by atoms with Crippen molar-refractivity contribution in [2.45, 2.75) is 0 Å². The van der Waals surface area contributed by atoms with Gasteiger partial charge in [0, 0.05) is 5.56 Å². The minimum atomic E-state index is -1.17. The van der Waals surface area contributed by atoms with Crippen LogP contribution in [-0.4, -0.2) is 65.4 Å². The van der Waals surface area contributed by atoms with Crippen molar-refractivity contribution in [1.82, 2.24) is 0 Å². The fraction of sp³-hybridized carbons (Fsp3) is 0.333. The number of hydrogen-bond acceptors (Lipinski definition) is 10. The van der Waals surface area contributed by atoms with Gasteiger partial charge in [-0.25, -0.2) is 0 Å². The first-order chi connectivity index (χ1) is 11.8. The van der Waals surface area contributed by atoms with E-state index in [4.69, 9.17) is 0 Å². The molecule has 0 saturated heterocycles. The fourth-order valence-electron chi connectivity index (χ4n) is 2.16. The number of ether oxygens (including phenoxy) is 5. The van der Waals surface area contributed by atoms with Gasteiger partial charge in [0.1, 0.15) is 0 Å². The number of rotatable bonds is 5. The van der Waals surface area contributed by atoms with E-state index in [-0.39, 0.29) is 51.4 Å². The molecule has 0 aromatic heterocycles. The molecule has 0 radical (unpaired) electrons. The first-order valence-electron chi connectivity index (χ1n) is 6.58. The van der Waals surface area contributed by atoms with Crippen LogP contribution in [0.25, 0.3) is 0 Å². The smallest absolute Gasteiger partial charge is 0.500 e. The van der Waals surface area contributed by atoms with Crippen LogP contribution in [0, 0.1) is 0 Å². The van der Waals surface area contributed by atoms with E-state index in [1.54, 1.807) is 0 Å². The van der Waals surface area contributed by atoms with E-state index < -0.39 is 57.7 Å². The summed E-state index contributed by atoms with van der Waals surface area (Å²) in [5, 5.41) is 0. The molecular weight excluding hydrogens is 379 g/mol. The molecular formula is C15H15KO10. The molecule has 0 aliphatic carbocycles. The molecule has 0 fully saturated rings. The van der Waals surface area contributed by atoms with E-state index in [1.807, 2.05) is 0 Å². The first kappa shape index (κ1) is 24.3. The van der Waals surface area contributed by atoms with Crippen molar-refractivity contribution in [3.05, 3.63) is 27.8 Å². The topological polar surface area (TPSA) is 132 Å². The molecule has 0 N–H and O–H groups in total. The molecule has 0 atom stereocenters. The van der Waals surface area contributed by atoms with Gasteiger partial charge in [-0.2, -0.15) is 0 Å². The summed E-state index contributed by atoms with van der Waals surface area (Å²) in [7, 11) is 4.90. The van der Waals surface area contributed by atoms with Crippen molar-refractivity contribution < 1.29 is 99.0 Å². The maximum absolute atomic E-state index is 12.1. The van der Waals surface area contributed by atoms with Gasteiger partial charge in [0.05, 0.1) is 35.5 Å². The zero-order chi connectivity index (χ0) is 19.3. The molecule has 0 spiro atoms. The predicted octanol–water partition coefficient (Wildman–Crippen LogP) is -2.66. The average molecular weight is 394 g/mol. The van der Waals surface area contributed by atoms with Crippen molar-refractivity contribution in [1.29, 1.82) is 0 Å². The van der Waals surface area contributed by atoms with Crippen LogP contribution in [0.3, 0.4) is 0 Å². The van der Waals surface area contributed by atoms with Crippen LogP contribution >= 0.6 is 0 Å². The van der Waals surface area contributed by atoms with Gasteiger partial charge in [0.2, 0.25) is 0 Å². The molecule has 1 rings (SSSR count). The summed E-state index contributed by atoms with van der Waals surface area (Å²) in [6, 6.07) is 0. The van der Waals surface area contributed by atoms with Crippen LogP contribution in [0.15, 0.2) is 0 Å². The SMILES string of the molecule is COC(=O)c1c(C(=O)OC)c(C(=O)OC)[c-](C(=O)OC)c1C(=O)OC.[K+]. The van der Waals surface area contributed by atoms with Crippen LogP contribution in [0.1, 0.15) is 51.8 Å². The van der Waals surface area contributed by atoms with Crippen LogP contribution in [0.5, 0.6) is 0 Å². The minimum absolute atomic E-state index is 0. The Morgan fingerprint density at radius 2 is 0.885 bits per heavy atom. The number of methoxy groups -OCH3 is 5. The summed E-state index contributed by atoms with van der Waals surface area (Å²) in [5.41, 5.74) is -3.32. The normalized spacial score (nSPS) is 9.42. The molecule has 0 aliphatic heterocycles. The summed E-state index contributed by atoms with van der Waals surface area (Å²) in [4.78, 5) is 60.7. The average Bonchev–Trinajstić information content (AvgIpc) is 3.00. The Labute approximate surface area is 190 Å². The largest absolute Gasteiger partial charge is 1.00 e. The van der Waals surface area contributed by atoms with Crippen molar-refractivity contribution in [3.8, 4) is 0 Å². The second kappa shape index (κ2) is 10.5. The number of hydrogen-bond donors (Lipinski definition) is 0. The van der Waals surface area contributed by atoms with Gasteiger partial charge in [-0.05, 0) is 22.3 Å². The van der Waals surface area contributed by atoms with Crippen LogP contribution in [0.4, 0.5) is 0 Å². The Morgan fingerprint density at radius 3 is 1.12 bits per heavy atom. The van der Waals surface area contributed by atoms with Gasteiger partial charge in [-0.15, -0.1) is 0 Å². The molecule has 1 aromatic rings. The molecule has 0 aliphatic rings. The van der Waals surface area contributed by atoms with Crippen LogP contribution in [0.2, 0.25) is 0 Å². The monoisotopic (exact) mass is 394 g/mol. The maximum atomic E-state index is 12.1. The Bertz CT molecular complexity index is 585. The van der Waals surface area contributed by atoms with E-state index in [0.717, 1.165) is 35.5 Å². The molecule has 0 unspecified atom stereocenters. The molecule has 11 heteroatoms. The summed E-state index contributed by atoms with van der Waals surface area (Å²) in [6.45, 7) is 0. The van der Waals surface area contributed by atoms with Gasteiger partial charge in [0.15, 0.2) is 0 Å². The van der Waals surface area contributed by atoms with Crippen LogP contribution < -0.4 is 51.4 Å².